The number of oxime groups is 1. The first-order valence-corrected chi connectivity index (χ1v) is 10.7. The first-order valence-electron chi connectivity index (χ1n) is 10.7. The molecule has 0 aromatic heterocycles. The number of carbonyl (C=O) groups is 1. The van der Waals surface area contributed by atoms with Gasteiger partial charge >= 0.3 is 0 Å². The molecule has 1 atom stereocenters. The minimum Gasteiger partial charge on any atom is -0.390 e. The van der Waals surface area contributed by atoms with Crippen LogP contribution in [0.15, 0.2) is 84.0 Å². The predicted molar refractivity (Wildman–Crippen MR) is 120 cm³/mol. The molecule has 0 bridgehead atoms. The molecule has 1 amide bonds. The van der Waals surface area contributed by atoms with Crippen molar-refractivity contribution in [1.29, 1.82) is 0 Å². The van der Waals surface area contributed by atoms with Crippen LogP contribution in [0.4, 0.5) is 8.78 Å². The Hall–Kier alpha value is -3.58. The lowest BCUT2D eigenvalue weighted by Gasteiger charge is -2.25. The molecular formula is C26H24F2N2O3. The number of rotatable bonds is 9. The highest BCUT2D eigenvalue weighted by molar-refractivity contribution is 6.01. The average Bonchev–Trinajstić information content (AvgIpc) is 3.29. The Bertz CT molecular complexity index is 1100. The molecule has 0 saturated heterocycles. The van der Waals surface area contributed by atoms with Gasteiger partial charge in [-0.15, -0.1) is 0 Å². The van der Waals surface area contributed by atoms with Gasteiger partial charge < -0.3 is 14.5 Å². The summed E-state index contributed by atoms with van der Waals surface area (Å²) in [6.45, 7) is 0.719. The second-order valence-corrected chi connectivity index (χ2v) is 7.83. The summed E-state index contributed by atoms with van der Waals surface area (Å²) in [5.41, 5.74) is 2.65. The van der Waals surface area contributed by atoms with Crippen LogP contribution in [0, 0.1) is 11.6 Å². The van der Waals surface area contributed by atoms with Crippen molar-refractivity contribution in [2.24, 2.45) is 5.16 Å². The molecular weight excluding hydrogens is 426 g/mol. The molecule has 1 aliphatic rings. The molecule has 5 nitrogen and oxygen atoms in total. The van der Waals surface area contributed by atoms with Crippen molar-refractivity contribution >= 4 is 11.6 Å². The average molecular weight is 450 g/mol. The highest BCUT2D eigenvalue weighted by Crippen LogP contribution is 2.20. The quantitative estimate of drug-likeness (QED) is 0.475. The van der Waals surface area contributed by atoms with E-state index in [0.29, 0.717) is 24.3 Å². The Morgan fingerprint density at radius 2 is 1.70 bits per heavy atom. The van der Waals surface area contributed by atoms with Crippen LogP contribution in [0.25, 0.3) is 0 Å². The Labute approximate surface area is 191 Å². The van der Waals surface area contributed by atoms with Gasteiger partial charge in [-0.05, 0) is 29.3 Å². The zero-order valence-electron chi connectivity index (χ0n) is 18.0. The van der Waals surface area contributed by atoms with Crippen molar-refractivity contribution in [3.8, 4) is 0 Å². The largest absolute Gasteiger partial charge is 0.390 e. The molecule has 4 rings (SSSR count). The van der Waals surface area contributed by atoms with E-state index in [-0.39, 0.29) is 37.2 Å². The number of amides is 1. The van der Waals surface area contributed by atoms with E-state index in [2.05, 4.69) is 5.16 Å². The van der Waals surface area contributed by atoms with Gasteiger partial charge in [-0.1, -0.05) is 65.8 Å². The van der Waals surface area contributed by atoms with E-state index in [4.69, 9.17) is 9.57 Å². The normalized spacial score (nSPS) is 15.1. The lowest BCUT2D eigenvalue weighted by Crippen LogP contribution is -2.39. The first-order chi connectivity index (χ1) is 16.1. The summed E-state index contributed by atoms with van der Waals surface area (Å²) in [7, 11) is 0. The van der Waals surface area contributed by atoms with Gasteiger partial charge in [0.25, 0.3) is 0 Å². The Balaban J connectivity index is 1.39. The number of hydrogen-bond acceptors (Lipinski definition) is 4. The molecule has 3 aromatic carbocycles. The molecule has 3 aromatic rings. The van der Waals surface area contributed by atoms with E-state index in [1.165, 1.54) is 18.2 Å². The third-order valence-corrected chi connectivity index (χ3v) is 5.32. The highest BCUT2D eigenvalue weighted by Gasteiger charge is 2.28. The van der Waals surface area contributed by atoms with Crippen molar-refractivity contribution in [2.45, 2.75) is 25.7 Å². The van der Waals surface area contributed by atoms with Crippen LogP contribution in [-0.4, -0.2) is 35.8 Å². The van der Waals surface area contributed by atoms with E-state index < -0.39 is 6.10 Å². The maximum absolute atomic E-state index is 14.1. The van der Waals surface area contributed by atoms with E-state index in [9.17, 15) is 13.6 Å². The summed E-state index contributed by atoms with van der Waals surface area (Å²) in [6, 6.07) is 21.9. The molecule has 0 radical (unpaired) electrons. The summed E-state index contributed by atoms with van der Waals surface area (Å²) < 4.78 is 33.0. The topological polar surface area (TPSA) is 51.1 Å². The van der Waals surface area contributed by atoms with Gasteiger partial charge in [-0.25, -0.2) is 8.78 Å². The van der Waals surface area contributed by atoms with Crippen molar-refractivity contribution < 1.29 is 23.1 Å². The van der Waals surface area contributed by atoms with Gasteiger partial charge in [0.1, 0.15) is 18.2 Å². The zero-order valence-corrected chi connectivity index (χ0v) is 18.0. The fourth-order valence-corrected chi connectivity index (χ4v) is 3.61. The SMILES string of the molecule is O=C(COCc1ccccc1)N(Cc1ccc(F)cc1)CC1CC(c2ccccc2F)=NO1. The van der Waals surface area contributed by atoms with E-state index in [1.807, 2.05) is 30.3 Å². The fourth-order valence-electron chi connectivity index (χ4n) is 3.61. The predicted octanol–water partition coefficient (Wildman–Crippen LogP) is 4.70. The van der Waals surface area contributed by atoms with E-state index in [1.54, 1.807) is 35.2 Å². The number of benzene rings is 3. The highest BCUT2D eigenvalue weighted by atomic mass is 19.1. The van der Waals surface area contributed by atoms with Crippen molar-refractivity contribution in [2.75, 3.05) is 13.2 Å². The van der Waals surface area contributed by atoms with Gasteiger partial charge in [0.05, 0.1) is 18.9 Å². The Morgan fingerprint density at radius 1 is 0.970 bits per heavy atom. The lowest BCUT2D eigenvalue weighted by atomic mass is 10.0. The summed E-state index contributed by atoms with van der Waals surface area (Å²) in [5, 5.41) is 4.04. The third-order valence-electron chi connectivity index (χ3n) is 5.32. The minimum absolute atomic E-state index is 0.107. The second-order valence-electron chi connectivity index (χ2n) is 7.83. The van der Waals surface area contributed by atoms with Crippen LogP contribution >= 0.6 is 0 Å². The summed E-state index contributed by atoms with van der Waals surface area (Å²) in [4.78, 5) is 20.1. The molecule has 0 spiro atoms. The van der Waals surface area contributed by atoms with Crippen molar-refractivity contribution in [1.82, 2.24) is 4.90 Å². The monoisotopic (exact) mass is 450 g/mol. The number of hydrogen-bond donors (Lipinski definition) is 0. The fraction of sp³-hybridized carbons (Fsp3) is 0.231. The molecule has 0 fully saturated rings. The molecule has 1 unspecified atom stereocenters. The van der Waals surface area contributed by atoms with Crippen LogP contribution in [-0.2, 0) is 27.5 Å². The molecule has 0 N–H and O–H groups in total. The van der Waals surface area contributed by atoms with Gasteiger partial charge in [0.2, 0.25) is 5.91 Å². The van der Waals surface area contributed by atoms with Gasteiger partial charge in [0.15, 0.2) is 6.10 Å². The van der Waals surface area contributed by atoms with E-state index in [0.717, 1.165) is 11.1 Å². The van der Waals surface area contributed by atoms with Gasteiger partial charge in [-0.2, -0.15) is 0 Å². The molecule has 7 heteroatoms. The van der Waals surface area contributed by atoms with Crippen LogP contribution in [0.3, 0.4) is 0 Å². The molecule has 33 heavy (non-hydrogen) atoms. The van der Waals surface area contributed by atoms with Crippen LogP contribution in [0.5, 0.6) is 0 Å². The standard InChI is InChI=1S/C26H24F2N2O3/c27-21-12-10-19(11-13-21)15-30(26(31)18-32-17-20-6-2-1-3-7-20)16-22-14-25(29-33-22)23-8-4-5-9-24(23)28/h1-13,22H,14-18H2. The van der Waals surface area contributed by atoms with Gasteiger partial charge in [0, 0.05) is 18.5 Å². The minimum atomic E-state index is -0.418. The molecule has 0 saturated carbocycles. The molecule has 170 valence electrons. The zero-order chi connectivity index (χ0) is 23.0. The maximum Gasteiger partial charge on any atom is 0.249 e. The number of nitrogens with zero attached hydrogens (tertiary/aromatic N) is 2. The second kappa shape index (κ2) is 10.8. The van der Waals surface area contributed by atoms with E-state index >= 15 is 0 Å². The summed E-state index contributed by atoms with van der Waals surface area (Å²) in [5.74, 6) is -0.933. The summed E-state index contributed by atoms with van der Waals surface area (Å²) in [6.07, 6.45) is -0.0444. The van der Waals surface area contributed by atoms with Crippen LogP contribution < -0.4 is 0 Å². The Morgan fingerprint density at radius 3 is 2.45 bits per heavy atom. The van der Waals surface area contributed by atoms with Crippen molar-refractivity contribution in [3.63, 3.8) is 0 Å². The Kier molecular flexibility index (Phi) is 7.42. The maximum atomic E-state index is 14.1. The third kappa shape index (κ3) is 6.23. The van der Waals surface area contributed by atoms with Crippen LogP contribution in [0.2, 0.25) is 0 Å². The number of halogens is 2. The summed E-state index contributed by atoms with van der Waals surface area (Å²) >= 11 is 0. The molecule has 1 aliphatic heterocycles. The first kappa shape index (κ1) is 22.6. The number of ether oxygens (including phenoxy) is 1. The smallest absolute Gasteiger partial charge is 0.249 e. The number of carbonyl (C=O) groups excluding carboxylic acids is 1. The van der Waals surface area contributed by atoms with Crippen LogP contribution in [0.1, 0.15) is 23.1 Å². The van der Waals surface area contributed by atoms with Crippen molar-refractivity contribution in [3.05, 3.63) is 107 Å². The molecule has 0 aliphatic carbocycles. The lowest BCUT2D eigenvalue weighted by molar-refractivity contribution is -0.139. The van der Waals surface area contributed by atoms with Gasteiger partial charge in [-0.3, -0.25) is 4.79 Å². The molecule has 1 heterocycles.